The largest absolute Gasteiger partial charge is 0.331 e. The molecule has 1 heterocycles. The van der Waals surface area contributed by atoms with E-state index in [4.69, 9.17) is 0 Å². The number of nitrogens with zero attached hydrogens (tertiary/aromatic N) is 1. The van der Waals surface area contributed by atoms with Crippen LogP contribution in [0.25, 0.3) is 5.57 Å². The van der Waals surface area contributed by atoms with Gasteiger partial charge in [0.25, 0.3) is 11.8 Å². The Morgan fingerprint density at radius 1 is 1.00 bits per heavy atom. The Kier molecular flexibility index (Phi) is 4.47. The van der Waals surface area contributed by atoms with E-state index in [1.165, 1.54) is 0 Å². The van der Waals surface area contributed by atoms with Crippen molar-refractivity contribution < 1.29 is 9.59 Å². The van der Waals surface area contributed by atoms with E-state index in [1.807, 2.05) is 62.4 Å². The van der Waals surface area contributed by atoms with Crippen LogP contribution in [0.3, 0.4) is 0 Å². The fraction of sp³-hybridized carbons (Fsp3) is 0.200. The first kappa shape index (κ1) is 16.0. The van der Waals surface area contributed by atoms with Gasteiger partial charge in [-0.3, -0.25) is 14.5 Å². The molecule has 3 rings (SSSR count). The SMILES string of the molecule is CC(C)C1NC(=O)C(c2ccccc2)=CN1C(=O)c1ccccc1. The Hall–Kier alpha value is -2.88. The van der Waals surface area contributed by atoms with Crippen LogP contribution in [0.15, 0.2) is 66.9 Å². The lowest BCUT2D eigenvalue weighted by Gasteiger charge is -2.36. The molecule has 4 heteroatoms. The van der Waals surface area contributed by atoms with Crippen molar-refractivity contribution in [2.24, 2.45) is 5.92 Å². The maximum atomic E-state index is 12.9. The average molecular weight is 320 g/mol. The van der Waals surface area contributed by atoms with E-state index in [2.05, 4.69) is 5.32 Å². The minimum atomic E-state index is -0.363. The zero-order valence-electron chi connectivity index (χ0n) is 13.8. The summed E-state index contributed by atoms with van der Waals surface area (Å²) in [5, 5.41) is 2.96. The third kappa shape index (κ3) is 3.08. The number of hydrogen-bond acceptors (Lipinski definition) is 2. The Morgan fingerprint density at radius 3 is 2.17 bits per heavy atom. The predicted octanol–water partition coefficient (Wildman–Crippen LogP) is 3.28. The zero-order valence-corrected chi connectivity index (χ0v) is 13.8. The summed E-state index contributed by atoms with van der Waals surface area (Å²) < 4.78 is 0. The van der Waals surface area contributed by atoms with Gasteiger partial charge in [-0.1, -0.05) is 62.4 Å². The van der Waals surface area contributed by atoms with Crippen molar-refractivity contribution >= 4 is 17.4 Å². The Bertz CT molecular complexity index is 767. The molecule has 1 aliphatic heterocycles. The molecular formula is C20H20N2O2. The fourth-order valence-electron chi connectivity index (χ4n) is 2.79. The molecule has 0 radical (unpaired) electrons. The number of nitrogens with one attached hydrogen (secondary N) is 1. The molecule has 1 N–H and O–H groups in total. The minimum absolute atomic E-state index is 0.0928. The molecule has 1 aliphatic rings. The molecule has 0 bridgehead atoms. The van der Waals surface area contributed by atoms with E-state index < -0.39 is 0 Å². The summed E-state index contributed by atoms with van der Waals surface area (Å²) in [5.74, 6) is -0.185. The van der Waals surface area contributed by atoms with Gasteiger partial charge in [0, 0.05) is 11.8 Å². The third-order valence-electron chi connectivity index (χ3n) is 4.06. The van der Waals surface area contributed by atoms with Gasteiger partial charge in [-0.25, -0.2) is 0 Å². The predicted molar refractivity (Wildman–Crippen MR) is 93.8 cm³/mol. The van der Waals surface area contributed by atoms with E-state index in [-0.39, 0.29) is 23.9 Å². The number of carbonyl (C=O) groups excluding carboxylic acids is 2. The summed E-state index contributed by atoms with van der Waals surface area (Å²) >= 11 is 0. The summed E-state index contributed by atoms with van der Waals surface area (Å²) in [6, 6.07) is 18.5. The lowest BCUT2D eigenvalue weighted by atomic mass is 10.0. The molecule has 24 heavy (non-hydrogen) atoms. The van der Waals surface area contributed by atoms with Gasteiger partial charge in [0.05, 0.1) is 5.57 Å². The van der Waals surface area contributed by atoms with E-state index >= 15 is 0 Å². The molecule has 1 unspecified atom stereocenters. The maximum absolute atomic E-state index is 12.9. The molecule has 0 saturated heterocycles. The van der Waals surface area contributed by atoms with E-state index in [0.717, 1.165) is 5.56 Å². The van der Waals surface area contributed by atoms with Crippen molar-refractivity contribution in [1.29, 1.82) is 0 Å². The molecule has 0 aliphatic carbocycles. The summed E-state index contributed by atoms with van der Waals surface area (Å²) in [5.41, 5.74) is 1.89. The van der Waals surface area contributed by atoms with Crippen LogP contribution in [0.5, 0.6) is 0 Å². The Morgan fingerprint density at radius 2 is 1.58 bits per heavy atom. The summed E-state index contributed by atoms with van der Waals surface area (Å²) in [6.45, 7) is 3.97. The first-order valence-electron chi connectivity index (χ1n) is 8.04. The molecule has 122 valence electrons. The summed E-state index contributed by atoms with van der Waals surface area (Å²) in [6.07, 6.45) is 1.31. The number of carbonyl (C=O) groups is 2. The third-order valence-corrected chi connectivity index (χ3v) is 4.06. The van der Waals surface area contributed by atoms with Crippen molar-refractivity contribution in [1.82, 2.24) is 10.2 Å². The lowest BCUT2D eigenvalue weighted by molar-refractivity contribution is -0.118. The molecule has 2 aromatic rings. The molecule has 2 amide bonds. The highest BCUT2D eigenvalue weighted by atomic mass is 16.2. The van der Waals surface area contributed by atoms with Crippen LogP contribution < -0.4 is 5.32 Å². The van der Waals surface area contributed by atoms with Gasteiger partial charge in [0.2, 0.25) is 0 Å². The van der Waals surface area contributed by atoms with Crippen LogP contribution >= 0.6 is 0 Å². The first-order valence-corrected chi connectivity index (χ1v) is 8.04. The summed E-state index contributed by atoms with van der Waals surface area (Å²) in [7, 11) is 0. The minimum Gasteiger partial charge on any atom is -0.331 e. The highest BCUT2D eigenvalue weighted by Crippen LogP contribution is 2.24. The van der Waals surface area contributed by atoms with Crippen molar-refractivity contribution in [3.05, 3.63) is 78.0 Å². The monoisotopic (exact) mass is 320 g/mol. The van der Waals surface area contributed by atoms with Crippen LogP contribution in [-0.4, -0.2) is 22.9 Å². The Balaban J connectivity index is 2.03. The molecule has 0 spiro atoms. The fourth-order valence-corrected chi connectivity index (χ4v) is 2.79. The van der Waals surface area contributed by atoms with Crippen molar-refractivity contribution in [3.8, 4) is 0 Å². The first-order chi connectivity index (χ1) is 11.6. The maximum Gasteiger partial charge on any atom is 0.259 e. The molecule has 4 nitrogen and oxygen atoms in total. The van der Waals surface area contributed by atoms with Gasteiger partial charge in [-0.15, -0.1) is 0 Å². The van der Waals surface area contributed by atoms with Crippen LogP contribution in [0.2, 0.25) is 0 Å². The number of rotatable bonds is 3. The van der Waals surface area contributed by atoms with Crippen molar-refractivity contribution in [2.45, 2.75) is 20.0 Å². The molecule has 0 saturated carbocycles. The van der Waals surface area contributed by atoms with Crippen molar-refractivity contribution in [3.63, 3.8) is 0 Å². The van der Waals surface area contributed by atoms with Gasteiger partial charge in [-0.2, -0.15) is 0 Å². The smallest absolute Gasteiger partial charge is 0.259 e. The van der Waals surface area contributed by atoms with Gasteiger partial charge in [-0.05, 0) is 23.6 Å². The van der Waals surface area contributed by atoms with E-state index in [9.17, 15) is 9.59 Å². The second-order valence-corrected chi connectivity index (χ2v) is 6.15. The molecule has 1 atom stereocenters. The van der Waals surface area contributed by atoms with Gasteiger partial charge < -0.3 is 5.32 Å². The van der Waals surface area contributed by atoms with Gasteiger partial charge >= 0.3 is 0 Å². The number of benzene rings is 2. The van der Waals surface area contributed by atoms with Gasteiger partial charge in [0.15, 0.2) is 0 Å². The van der Waals surface area contributed by atoms with Gasteiger partial charge in [0.1, 0.15) is 6.17 Å². The number of hydrogen-bond donors (Lipinski definition) is 1. The Labute approximate surface area is 141 Å². The topological polar surface area (TPSA) is 49.4 Å². The molecule has 0 fully saturated rings. The van der Waals surface area contributed by atoms with Crippen LogP contribution in [0.1, 0.15) is 29.8 Å². The van der Waals surface area contributed by atoms with Crippen LogP contribution in [0.4, 0.5) is 0 Å². The second kappa shape index (κ2) is 6.71. The standard InChI is InChI=1S/C20H20N2O2/c1-14(2)18-21-19(23)17(15-9-5-3-6-10-15)13-22(18)20(24)16-11-7-4-8-12-16/h3-14,18H,1-2H3,(H,21,23). The summed E-state index contributed by atoms with van der Waals surface area (Å²) in [4.78, 5) is 27.1. The number of amides is 2. The highest BCUT2D eigenvalue weighted by molar-refractivity contribution is 6.21. The second-order valence-electron chi connectivity index (χ2n) is 6.15. The highest BCUT2D eigenvalue weighted by Gasteiger charge is 2.33. The molecule has 2 aromatic carbocycles. The average Bonchev–Trinajstić information content (AvgIpc) is 2.62. The quantitative estimate of drug-likeness (QED) is 0.943. The molecule has 0 aromatic heterocycles. The lowest BCUT2D eigenvalue weighted by Crippen LogP contribution is -2.54. The van der Waals surface area contributed by atoms with Crippen molar-refractivity contribution in [2.75, 3.05) is 0 Å². The zero-order chi connectivity index (χ0) is 17.1. The van der Waals surface area contributed by atoms with E-state index in [1.54, 1.807) is 23.2 Å². The normalized spacial score (nSPS) is 17.5. The van der Waals surface area contributed by atoms with Crippen LogP contribution in [-0.2, 0) is 4.79 Å². The molecular weight excluding hydrogens is 300 g/mol. The van der Waals surface area contributed by atoms with Crippen LogP contribution in [0, 0.1) is 5.92 Å². The van der Waals surface area contributed by atoms with E-state index in [0.29, 0.717) is 11.1 Å².